The fraction of sp³-hybridized carbons (Fsp3) is 0.368. The van der Waals surface area contributed by atoms with Crippen LogP contribution < -0.4 is 16.4 Å². The first-order valence-electron chi connectivity index (χ1n) is 9.68. The number of benzene rings is 1. The van der Waals surface area contributed by atoms with Gasteiger partial charge in [0.05, 0.1) is 32.7 Å². The van der Waals surface area contributed by atoms with Crippen LogP contribution in [-0.2, 0) is 31.9 Å². The molecule has 1 unspecified atom stereocenters. The second-order valence-electron chi connectivity index (χ2n) is 6.38. The van der Waals surface area contributed by atoms with Gasteiger partial charge in [0.2, 0.25) is 5.95 Å². The first-order valence-corrected chi connectivity index (χ1v) is 11.1. The first kappa shape index (κ1) is 22.8. The van der Waals surface area contributed by atoms with Gasteiger partial charge in [-0.15, -0.1) is 0 Å². The molecule has 0 fully saturated rings. The maximum Gasteiger partial charge on any atom is 0.320 e. The van der Waals surface area contributed by atoms with Crippen molar-refractivity contribution < 1.29 is 18.8 Å². The van der Waals surface area contributed by atoms with E-state index in [2.05, 4.69) is 20.0 Å². The number of anilines is 1. The van der Waals surface area contributed by atoms with Crippen LogP contribution in [0.2, 0.25) is 0 Å². The van der Waals surface area contributed by atoms with Gasteiger partial charge < -0.3 is 24.3 Å². The number of imidazole rings is 1. The standard InChI is InChI=1S/C19H25N6O5P/c1-2-29-15(26)10-22-31(30-11-14-6-4-3-5-7-14)13-28-9-8-25-12-21-16-17(25)23-19(20)24-18(16)27/h3-7,12,22H,2,8-11,13H2,1H3,(H3,20,23,24,27). The number of ether oxygens (including phenoxy) is 2. The van der Waals surface area contributed by atoms with Gasteiger partial charge in [-0.3, -0.25) is 19.7 Å². The van der Waals surface area contributed by atoms with E-state index >= 15 is 0 Å². The zero-order valence-corrected chi connectivity index (χ0v) is 18.0. The van der Waals surface area contributed by atoms with Crippen LogP contribution >= 0.6 is 8.30 Å². The minimum absolute atomic E-state index is 0.0289. The average molecular weight is 448 g/mol. The Kier molecular flexibility index (Phi) is 8.48. The zero-order chi connectivity index (χ0) is 22.1. The van der Waals surface area contributed by atoms with Crippen LogP contribution in [0.5, 0.6) is 0 Å². The lowest BCUT2D eigenvalue weighted by Crippen LogP contribution is -2.23. The van der Waals surface area contributed by atoms with Crippen molar-refractivity contribution in [1.29, 1.82) is 0 Å². The number of H-pyrrole nitrogens is 1. The quantitative estimate of drug-likeness (QED) is 0.212. The summed E-state index contributed by atoms with van der Waals surface area (Å²) in [5.41, 5.74) is 6.86. The van der Waals surface area contributed by atoms with Gasteiger partial charge in [-0.1, -0.05) is 30.3 Å². The number of hydrogen-bond donors (Lipinski definition) is 3. The number of fused-ring (bicyclic) bond motifs is 1. The van der Waals surface area contributed by atoms with Crippen molar-refractivity contribution in [1.82, 2.24) is 24.6 Å². The van der Waals surface area contributed by atoms with Crippen LogP contribution in [0, 0.1) is 0 Å². The molecule has 11 nitrogen and oxygen atoms in total. The molecule has 0 aliphatic rings. The lowest BCUT2D eigenvalue weighted by atomic mass is 10.2. The predicted octanol–water partition coefficient (Wildman–Crippen LogP) is 1.36. The molecule has 0 saturated heterocycles. The van der Waals surface area contributed by atoms with Crippen molar-refractivity contribution in [3.05, 3.63) is 52.6 Å². The molecule has 2 aromatic heterocycles. The topological polar surface area (TPSA) is 146 Å². The molecule has 31 heavy (non-hydrogen) atoms. The molecule has 0 saturated carbocycles. The van der Waals surface area contributed by atoms with Crippen LogP contribution in [0.25, 0.3) is 11.2 Å². The number of nitrogens with two attached hydrogens (primary N) is 1. The highest BCUT2D eigenvalue weighted by atomic mass is 31.2. The van der Waals surface area contributed by atoms with Crippen LogP contribution in [0.15, 0.2) is 41.5 Å². The minimum Gasteiger partial charge on any atom is -0.465 e. The number of aromatic amines is 1. The number of nitrogens with zero attached hydrogens (tertiary/aromatic N) is 3. The maximum atomic E-state index is 11.9. The van der Waals surface area contributed by atoms with Crippen LogP contribution in [0.3, 0.4) is 0 Å². The molecule has 0 aliphatic carbocycles. The molecule has 0 spiro atoms. The minimum atomic E-state index is -1.23. The van der Waals surface area contributed by atoms with E-state index in [9.17, 15) is 9.59 Å². The molecule has 3 rings (SSSR count). The maximum absolute atomic E-state index is 11.9. The van der Waals surface area contributed by atoms with E-state index in [4.69, 9.17) is 19.7 Å². The van der Waals surface area contributed by atoms with E-state index in [0.717, 1.165) is 5.56 Å². The number of carbonyl (C=O) groups is 1. The molecule has 12 heteroatoms. The fourth-order valence-corrected chi connectivity index (χ4v) is 3.83. The predicted molar refractivity (Wildman–Crippen MR) is 116 cm³/mol. The number of rotatable bonds is 12. The number of nitrogens with one attached hydrogen (secondary N) is 2. The monoisotopic (exact) mass is 448 g/mol. The van der Waals surface area contributed by atoms with Crippen molar-refractivity contribution >= 4 is 31.4 Å². The number of aromatic nitrogens is 4. The summed E-state index contributed by atoms with van der Waals surface area (Å²) in [6.45, 7) is 3.26. The van der Waals surface area contributed by atoms with Gasteiger partial charge in [0.25, 0.3) is 5.56 Å². The average Bonchev–Trinajstić information content (AvgIpc) is 3.16. The van der Waals surface area contributed by atoms with E-state index in [-0.39, 0.29) is 35.9 Å². The van der Waals surface area contributed by atoms with E-state index in [1.807, 2.05) is 30.3 Å². The molecular formula is C19H25N6O5P. The molecule has 2 heterocycles. The molecule has 0 amide bonds. The van der Waals surface area contributed by atoms with Gasteiger partial charge in [-0.05, 0) is 12.5 Å². The summed E-state index contributed by atoms with van der Waals surface area (Å²) in [5, 5.41) is 3.06. The smallest absolute Gasteiger partial charge is 0.320 e. The Hall–Kier alpha value is -2.85. The van der Waals surface area contributed by atoms with Crippen molar-refractivity contribution in [2.45, 2.75) is 20.1 Å². The van der Waals surface area contributed by atoms with E-state index < -0.39 is 8.30 Å². The van der Waals surface area contributed by atoms with Gasteiger partial charge in [-0.25, -0.2) is 4.98 Å². The third-order valence-corrected chi connectivity index (χ3v) is 5.48. The van der Waals surface area contributed by atoms with Crippen LogP contribution in [0.4, 0.5) is 5.95 Å². The Morgan fingerprint density at radius 1 is 1.32 bits per heavy atom. The largest absolute Gasteiger partial charge is 0.465 e. The summed E-state index contributed by atoms with van der Waals surface area (Å²) < 4.78 is 18.3. The van der Waals surface area contributed by atoms with Crippen molar-refractivity contribution in [3.63, 3.8) is 0 Å². The summed E-state index contributed by atoms with van der Waals surface area (Å²) >= 11 is 0. The molecule has 4 N–H and O–H groups in total. The van der Waals surface area contributed by atoms with Crippen LogP contribution in [0.1, 0.15) is 12.5 Å². The molecule has 0 radical (unpaired) electrons. The van der Waals surface area contributed by atoms with Crippen LogP contribution in [-0.4, -0.2) is 51.6 Å². The normalized spacial score (nSPS) is 12.2. The molecular weight excluding hydrogens is 423 g/mol. The lowest BCUT2D eigenvalue weighted by Gasteiger charge is -2.18. The first-order chi connectivity index (χ1) is 15.1. The Balaban J connectivity index is 1.52. The Morgan fingerprint density at radius 2 is 2.13 bits per heavy atom. The SMILES string of the molecule is CCOC(=O)CNP(COCCn1cnc2c(=O)[nH]c(N)nc21)OCc1ccccc1. The molecule has 3 aromatic rings. The van der Waals surface area contributed by atoms with Gasteiger partial charge in [-0.2, -0.15) is 4.98 Å². The van der Waals surface area contributed by atoms with Crippen molar-refractivity contribution in [2.24, 2.45) is 0 Å². The Labute approximate surface area is 179 Å². The molecule has 1 aromatic carbocycles. The second-order valence-corrected chi connectivity index (χ2v) is 7.97. The third-order valence-electron chi connectivity index (χ3n) is 4.11. The second kappa shape index (κ2) is 11.5. The molecule has 0 aliphatic heterocycles. The molecule has 1 atom stereocenters. The molecule has 0 bridgehead atoms. The number of esters is 1. The third kappa shape index (κ3) is 6.83. The van der Waals surface area contributed by atoms with Crippen molar-refractivity contribution in [3.8, 4) is 0 Å². The van der Waals surface area contributed by atoms with E-state index in [1.54, 1.807) is 11.5 Å². The lowest BCUT2D eigenvalue weighted by molar-refractivity contribution is -0.141. The summed E-state index contributed by atoms with van der Waals surface area (Å²) in [7, 11) is -1.23. The highest BCUT2D eigenvalue weighted by molar-refractivity contribution is 7.50. The van der Waals surface area contributed by atoms with Gasteiger partial charge in [0.15, 0.2) is 11.2 Å². The molecule has 166 valence electrons. The zero-order valence-electron chi connectivity index (χ0n) is 17.1. The highest BCUT2D eigenvalue weighted by Crippen LogP contribution is 2.33. The number of hydrogen-bond acceptors (Lipinski definition) is 9. The van der Waals surface area contributed by atoms with E-state index in [1.165, 1.54) is 6.33 Å². The number of carbonyl (C=O) groups excluding carboxylic acids is 1. The Bertz CT molecular complexity index is 1040. The summed E-state index contributed by atoms with van der Waals surface area (Å²) in [6, 6.07) is 9.73. The highest BCUT2D eigenvalue weighted by Gasteiger charge is 2.14. The summed E-state index contributed by atoms with van der Waals surface area (Å²) in [5.74, 6) is -0.321. The van der Waals surface area contributed by atoms with Crippen molar-refractivity contribution in [2.75, 3.05) is 31.8 Å². The summed E-state index contributed by atoms with van der Waals surface area (Å²) in [6.07, 6.45) is 1.79. The van der Waals surface area contributed by atoms with Gasteiger partial charge in [0.1, 0.15) is 14.6 Å². The summed E-state index contributed by atoms with van der Waals surface area (Å²) in [4.78, 5) is 34.1. The van der Waals surface area contributed by atoms with Gasteiger partial charge >= 0.3 is 5.97 Å². The Morgan fingerprint density at radius 3 is 2.90 bits per heavy atom. The number of nitrogen functional groups attached to an aromatic ring is 1. The fourth-order valence-electron chi connectivity index (χ4n) is 2.66. The van der Waals surface area contributed by atoms with E-state index in [0.29, 0.717) is 32.0 Å². The van der Waals surface area contributed by atoms with Gasteiger partial charge in [0, 0.05) is 6.54 Å².